The molecule has 0 aromatic heterocycles. The predicted octanol–water partition coefficient (Wildman–Crippen LogP) is 7.91. The first-order chi connectivity index (χ1) is 18.0. The van der Waals surface area contributed by atoms with Crippen molar-refractivity contribution in [3.05, 3.63) is 136 Å². The summed E-state index contributed by atoms with van der Waals surface area (Å²) in [7, 11) is 1.67. The molecule has 0 aliphatic carbocycles. The summed E-state index contributed by atoms with van der Waals surface area (Å²) in [5, 5.41) is 7.78. The summed E-state index contributed by atoms with van der Waals surface area (Å²) in [4.78, 5) is 12.5. The van der Waals surface area contributed by atoms with Crippen molar-refractivity contribution >= 4 is 34.9 Å². The molecule has 184 valence electrons. The molecule has 0 radical (unpaired) electrons. The molecule has 4 aromatic carbocycles. The third kappa shape index (κ3) is 5.65. The van der Waals surface area contributed by atoms with Crippen molar-refractivity contribution in [3.8, 4) is 5.75 Å². The molecular weight excluding hydrogens is 480 g/mol. The maximum absolute atomic E-state index is 12.5. The Balaban J connectivity index is 1.40. The van der Waals surface area contributed by atoms with Gasteiger partial charge in [0.15, 0.2) is 5.78 Å². The third-order valence-corrected chi connectivity index (χ3v) is 6.76. The lowest BCUT2D eigenvalue weighted by Gasteiger charge is -2.24. The maximum atomic E-state index is 12.5. The van der Waals surface area contributed by atoms with E-state index in [9.17, 15) is 4.79 Å². The molecule has 0 N–H and O–H groups in total. The molecule has 37 heavy (non-hydrogen) atoms. The van der Waals surface area contributed by atoms with Crippen LogP contribution in [0.4, 0.5) is 5.69 Å². The number of benzene rings is 4. The smallest absolute Gasteiger partial charge is 0.185 e. The summed E-state index contributed by atoms with van der Waals surface area (Å²) in [6, 6.07) is 31.7. The Hall–Kier alpha value is -4.15. The van der Waals surface area contributed by atoms with Gasteiger partial charge in [-0.1, -0.05) is 83.9 Å². The van der Waals surface area contributed by atoms with E-state index >= 15 is 0 Å². The highest BCUT2D eigenvalue weighted by molar-refractivity contribution is 6.30. The zero-order valence-electron chi connectivity index (χ0n) is 20.8. The Labute approximate surface area is 222 Å². The van der Waals surface area contributed by atoms with Crippen molar-refractivity contribution < 1.29 is 9.53 Å². The van der Waals surface area contributed by atoms with Crippen LogP contribution in [-0.4, -0.2) is 18.6 Å². The quantitative estimate of drug-likeness (QED) is 0.189. The molecule has 0 fully saturated rings. The highest BCUT2D eigenvalue weighted by atomic mass is 35.5. The maximum Gasteiger partial charge on any atom is 0.185 e. The van der Waals surface area contributed by atoms with Gasteiger partial charge < -0.3 is 4.74 Å². The van der Waals surface area contributed by atoms with Gasteiger partial charge in [0.05, 0.1) is 24.6 Å². The molecule has 4 aromatic rings. The normalized spacial score (nSPS) is 15.2. The second-order valence-corrected chi connectivity index (χ2v) is 9.48. The number of carbonyl (C=O) groups excluding carboxylic acids is 1. The number of nitrogens with zero attached hydrogens (tertiary/aromatic N) is 2. The van der Waals surface area contributed by atoms with E-state index in [1.165, 1.54) is 0 Å². The Kier molecular flexibility index (Phi) is 7.20. The van der Waals surface area contributed by atoms with Crippen molar-refractivity contribution in [2.24, 2.45) is 5.10 Å². The average Bonchev–Trinajstić information content (AvgIpc) is 3.38. The van der Waals surface area contributed by atoms with Crippen molar-refractivity contribution in [3.63, 3.8) is 0 Å². The molecule has 1 unspecified atom stereocenters. The molecule has 0 amide bonds. The fraction of sp³-hybridized carbons (Fsp3) is 0.125. The van der Waals surface area contributed by atoms with Crippen molar-refractivity contribution in [2.75, 3.05) is 12.1 Å². The molecule has 0 saturated carbocycles. The average molecular weight is 507 g/mol. The number of ketones is 1. The van der Waals surface area contributed by atoms with E-state index < -0.39 is 0 Å². The summed E-state index contributed by atoms with van der Waals surface area (Å²) >= 11 is 6.11. The van der Waals surface area contributed by atoms with Gasteiger partial charge in [0.25, 0.3) is 0 Å². The molecule has 1 atom stereocenters. The Bertz CT molecular complexity index is 1440. The van der Waals surface area contributed by atoms with Gasteiger partial charge >= 0.3 is 0 Å². The molecule has 4 nitrogen and oxygen atoms in total. The number of methoxy groups -OCH3 is 1. The van der Waals surface area contributed by atoms with Crippen LogP contribution in [0.3, 0.4) is 0 Å². The van der Waals surface area contributed by atoms with Gasteiger partial charge in [0, 0.05) is 17.0 Å². The van der Waals surface area contributed by atoms with E-state index in [0.29, 0.717) is 10.6 Å². The second-order valence-electron chi connectivity index (χ2n) is 9.05. The molecule has 1 aliphatic heterocycles. The van der Waals surface area contributed by atoms with E-state index in [-0.39, 0.29) is 11.8 Å². The summed E-state index contributed by atoms with van der Waals surface area (Å²) in [5.74, 6) is 0.809. The van der Waals surface area contributed by atoms with Gasteiger partial charge in [-0.05, 0) is 66.1 Å². The topological polar surface area (TPSA) is 41.9 Å². The Morgan fingerprint density at radius 1 is 0.919 bits per heavy atom. The number of halogens is 1. The molecule has 0 bridgehead atoms. The van der Waals surface area contributed by atoms with Crippen LogP contribution in [0.15, 0.2) is 108 Å². The van der Waals surface area contributed by atoms with Crippen LogP contribution < -0.4 is 9.75 Å². The lowest BCUT2D eigenvalue weighted by atomic mass is 9.98. The molecule has 5 heteroatoms. The Morgan fingerprint density at radius 3 is 2.24 bits per heavy atom. The highest BCUT2D eigenvalue weighted by Gasteiger charge is 2.30. The predicted molar refractivity (Wildman–Crippen MR) is 152 cm³/mol. The number of aryl methyl sites for hydroxylation is 1. The number of hydrogen-bond donors (Lipinski definition) is 0. The lowest BCUT2D eigenvalue weighted by Crippen LogP contribution is -2.18. The largest absolute Gasteiger partial charge is 0.497 e. The van der Waals surface area contributed by atoms with Crippen LogP contribution in [-0.2, 0) is 0 Å². The van der Waals surface area contributed by atoms with E-state index in [2.05, 4.69) is 17.1 Å². The van der Waals surface area contributed by atoms with Gasteiger partial charge in [-0.15, -0.1) is 0 Å². The van der Waals surface area contributed by atoms with Crippen LogP contribution in [0.5, 0.6) is 5.75 Å². The van der Waals surface area contributed by atoms with Crippen LogP contribution >= 0.6 is 11.6 Å². The van der Waals surface area contributed by atoms with Crippen LogP contribution in [0.2, 0.25) is 5.02 Å². The van der Waals surface area contributed by atoms with Gasteiger partial charge in [-0.25, -0.2) is 0 Å². The monoisotopic (exact) mass is 506 g/mol. The summed E-state index contributed by atoms with van der Waals surface area (Å²) in [6.07, 6.45) is 4.23. The fourth-order valence-corrected chi connectivity index (χ4v) is 4.50. The van der Waals surface area contributed by atoms with Crippen molar-refractivity contribution in [2.45, 2.75) is 19.4 Å². The second kappa shape index (κ2) is 10.9. The van der Waals surface area contributed by atoms with Gasteiger partial charge in [-0.2, -0.15) is 5.10 Å². The highest BCUT2D eigenvalue weighted by Crippen LogP contribution is 2.37. The Morgan fingerprint density at radius 2 is 1.59 bits per heavy atom. The zero-order valence-corrected chi connectivity index (χ0v) is 21.5. The summed E-state index contributed by atoms with van der Waals surface area (Å²) in [5.41, 5.74) is 6.96. The minimum absolute atomic E-state index is 0.0135. The van der Waals surface area contributed by atoms with E-state index in [1.807, 2.05) is 97.9 Å². The number of hydrazone groups is 1. The first-order valence-electron chi connectivity index (χ1n) is 12.2. The van der Waals surface area contributed by atoms with Crippen LogP contribution in [0.25, 0.3) is 6.08 Å². The number of ether oxygens (including phenoxy) is 1. The standard InChI is InChI=1S/C32H27ClN2O2/c1-22-3-8-26(9-4-22)32(36)20-7-23-5-16-28(17-6-23)35-31(25-12-18-29(37-2)19-13-25)21-30(34-35)24-10-14-27(33)15-11-24/h3-20,31H,21H2,1-2H3. The minimum Gasteiger partial charge on any atom is -0.497 e. The number of anilines is 1. The lowest BCUT2D eigenvalue weighted by molar-refractivity contribution is 0.104. The SMILES string of the molecule is COc1ccc(C2CC(c3ccc(Cl)cc3)=NN2c2ccc(C=CC(=O)c3ccc(C)cc3)cc2)cc1. The van der Waals surface area contributed by atoms with Crippen LogP contribution in [0, 0.1) is 6.92 Å². The fourth-order valence-electron chi connectivity index (χ4n) is 4.37. The van der Waals surface area contributed by atoms with E-state index in [4.69, 9.17) is 21.4 Å². The number of hydrogen-bond acceptors (Lipinski definition) is 4. The van der Waals surface area contributed by atoms with Crippen LogP contribution in [0.1, 0.15) is 45.1 Å². The number of carbonyl (C=O) groups is 1. The molecule has 5 rings (SSSR count). The molecule has 0 saturated heterocycles. The molecular formula is C32H27ClN2O2. The summed E-state index contributed by atoms with van der Waals surface area (Å²) in [6.45, 7) is 2.01. The first-order valence-corrected chi connectivity index (χ1v) is 12.5. The van der Waals surface area contributed by atoms with Gasteiger partial charge in [0.2, 0.25) is 0 Å². The van der Waals surface area contributed by atoms with Gasteiger partial charge in [0.1, 0.15) is 5.75 Å². The zero-order chi connectivity index (χ0) is 25.8. The first kappa shape index (κ1) is 24.5. The van der Waals surface area contributed by atoms with E-state index in [1.54, 1.807) is 13.2 Å². The number of rotatable bonds is 7. The van der Waals surface area contributed by atoms with E-state index in [0.717, 1.165) is 45.8 Å². The molecule has 1 aliphatic rings. The summed E-state index contributed by atoms with van der Waals surface area (Å²) < 4.78 is 5.35. The minimum atomic E-state index is -0.0135. The van der Waals surface area contributed by atoms with Crippen molar-refractivity contribution in [1.82, 2.24) is 0 Å². The number of allylic oxidation sites excluding steroid dienone is 1. The van der Waals surface area contributed by atoms with Gasteiger partial charge in [-0.3, -0.25) is 9.80 Å². The third-order valence-electron chi connectivity index (χ3n) is 6.51. The van der Waals surface area contributed by atoms with Crippen molar-refractivity contribution in [1.29, 1.82) is 0 Å². The molecule has 1 heterocycles. The molecule has 0 spiro atoms.